The Bertz CT molecular complexity index is 249. The first-order chi connectivity index (χ1) is 7.55. The van der Waals surface area contributed by atoms with Gasteiger partial charge in [-0.25, -0.2) is 8.42 Å². The summed E-state index contributed by atoms with van der Waals surface area (Å²) in [6, 6.07) is 0. The second kappa shape index (κ2) is 9.25. The molecular formula is C11H24ClNO2S. The molecule has 1 N–H and O–H groups in total. The van der Waals surface area contributed by atoms with Gasteiger partial charge in [-0.2, -0.15) is 0 Å². The van der Waals surface area contributed by atoms with Crippen molar-refractivity contribution >= 4 is 21.4 Å². The van der Waals surface area contributed by atoms with Crippen LogP contribution >= 0.6 is 11.6 Å². The van der Waals surface area contributed by atoms with Gasteiger partial charge in [0, 0.05) is 18.2 Å². The normalized spacial score (nSPS) is 13.9. The average molecular weight is 270 g/mol. The molecule has 16 heavy (non-hydrogen) atoms. The maximum absolute atomic E-state index is 11.2. The average Bonchev–Trinajstić information content (AvgIpc) is 2.25. The van der Waals surface area contributed by atoms with Crippen LogP contribution in [0.2, 0.25) is 0 Å². The molecule has 0 aromatic rings. The number of rotatable bonds is 10. The van der Waals surface area contributed by atoms with Gasteiger partial charge >= 0.3 is 0 Å². The second-order valence-corrected chi connectivity index (χ2v) is 6.92. The van der Waals surface area contributed by atoms with E-state index < -0.39 is 9.84 Å². The van der Waals surface area contributed by atoms with E-state index in [2.05, 4.69) is 12.2 Å². The van der Waals surface area contributed by atoms with Crippen molar-refractivity contribution in [1.29, 1.82) is 0 Å². The van der Waals surface area contributed by atoms with E-state index in [-0.39, 0.29) is 11.5 Å². The number of hydrogen-bond donors (Lipinski definition) is 1. The summed E-state index contributed by atoms with van der Waals surface area (Å²) >= 11 is 5.72. The van der Waals surface area contributed by atoms with Gasteiger partial charge in [-0.1, -0.05) is 20.3 Å². The van der Waals surface area contributed by atoms with E-state index in [0.717, 1.165) is 25.8 Å². The van der Waals surface area contributed by atoms with Gasteiger partial charge in [-0.3, -0.25) is 0 Å². The fourth-order valence-corrected chi connectivity index (χ4v) is 2.64. The number of halogens is 1. The van der Waals surface area contributed by atoms with Gasteiger partial charge < -0.3 is 5.32 Å². The lowest BCUT2D eigenvalue weighted by Crippen LogP contribution is -2.28. The van der Waals surface area contributed by atoms with Crippen molar-refractivity contribution in [3.8, 4) is 0 Å². The van der Waals surface area contributed by atoms with E-state index in [0.29, 0.717) is 18.3 Å². The van der Waals surface area contributed by atoms with Gasteiger partial charge in [0.25, 0.3) is 0 Å². The molecule has 0 aliphatic rings. The lowest BCUT2D eigenvalue weighted by Gasteiger charge is -2.15. The van der Waals surface area contributed by atoms with Crippen LogP contribution in [-0.4, -0.2) is 38.9 Å². The highest BCUT2D eigenvalue weighted by Crippen LogP contribution is 2.10. The van der Waals surface area contributed by atoms with Crippen LogP contribution in [0.4, 0.5) is 0 Å². The van der Waals surface area contributed by atoms with Crippen molar-refractivity contribution in [2.24, 2.45) is 5.92 Å². The molecule has 0 saturated heterocycles. The van der Waals surface area contributed by atoms with Crippen LogP contribution in [0.1, 0.15) is 33.1 Å². The Kier molecular flexibility index (Phi) is 9.37. The van der Waals surface area contributed by atoms with Gasteiger partial charge in [-0.15, -0.1) is 11.6 Å². The molecule has 0 heterocycles. The zero-order valence-electron chi connectivity index (χ0n) is 10.3. The van der Waals surface area contributed by atoms with Gasteiger partial charge in [0.05, 0.1) is 5.75 Å². The van der Waals surface area contributed by atoms with Crippen molar-refractivity contribution in [2.75, 3.05) is 30.5 Å². The molecular weight excluding hydrogens is 246 g/mol. The first-order valence-corrected chi connectivity index (χ1v) is 8.38. The first-order valence-electron chi connectivity index (χ1n) is 6.02. The molecule has 0 bridgehead atoms. The van der Waals surface area contributed by atoms with Crippen molar-refractivity contribution in [3.05, 3.63) is 0 Å². The van der Waals surface area contributed by atoms with Gasteiger partial charge in [-0.05, 0) is 25.3 Å². The summed E-state index contributed by atoms with van der Waals surface area (Å²) in [6.07, 6.45) is 3.31. The van der Waals surface area contributed by atoms with Crippen molar-refractivity contribution in [2.45, 2.75) is 33.1 Å². The highest BCUT2D eigenvalue weighted by molar-refractivity contribution is 7.91. The molecule has 0 aromatic heterocycles. The van der Waals surface area contributed by atoms with E-state index >= 15 is 0 Å². The first kappa shape index (κ1) is 16.2. The van der Waals surface area contributed by atoms with Gasteiger partial charge in [0.15, 0.2) is 9.84 Å². The number of sulfone groups is 1. The summed E-state index contributed by atoms with van der Waals surface area (Å²) in [7, 11) is -2.83. The molecule has 1 atom stereocenters. The predicted molar refractivity (Wildman–Crippen MR) is 70.9 cm³/mol. The molecule has 0 saturated carbocycles. The molecule has 0 aliphatic heterocycles. The summed E-state index contributed by atoms with van der Waals surface area (Å²) in [5, 5.41) is 3.21. The molecule has 0 spiro atoms. The molecule has 0 amide bonds. The SMILES string of the molecule is CCCC(CCCl)CNCCS(=O)(=O)CC. The highest BCUT2D eigenvalue weighted by Gasteiger charge is 2.09. The summed E-state index contributed by atoms with van der Waals surface area (Å²) < 4.78 is 22.5. The molecule has 3 nitrogen and oxygen atoms in total. The largest absolute Gasteiger partial charge is 0.315 e. The van der Waals surface area contributed by atoms with Crippen molar-refractivity contribution in [1.82, 2.24) is 5.32 Å². The summed E-state index contributed by atoms with van der Waals surface area (Å²) in [5.74, 6) is 1.73. The lowest BCUT2D eigenvalue weighted by atomic mass is 10.0. The fourth-order valence-electron chi connectivity index (χ4n) is 1.59. The van der Waals surface area contributed by atoms with Crippen LogP contribution in [0.5, 0.6) is 0 Å². The van der Waals surface area contributed by atoms with Gasteiger partial charge in [0.2, 0.25) is 0 Å². The third-order valence-corrected chi connectivity index (χ3v) is 4.60. The molecule has 0 aliphatic carbocycles. The number of alkyl halides is 1. The smallest absolute Gasteiger partial charge is 0.151 e. The van der Waals surface area contributed by atoms with Crippen LogP contribution < -0.4 is 5.32 Å². The van der Waals surface area contributed by atoms with E-state index in [4.69, 9.17) is 11.6 Å². The van der Waals surface area contributed by atoms with Crippen LogP contribution in [0.15, 0.2) is 0 Å². The van der Waals surface area contributed by atoms with Crippen LogP contribution in [-0.2, 0) is 9.84 Å². The Morgan fingerprint density at radius 3 is 2.44 bits per heavy atom. The van der Waals surface area contributed by atoms with E-state index in [1.165, 1.54) is 0 Å². The number of nitrogens with one attached hydrogen (secondary N) is 1. The molecule has 5 heteroatoms. The maximum atomic E-state index is 11.2. The minimum atomic E-state index is -2.83. The van der Waals surface area contributed by atoms with Crippen molar-refractivity contribution in [3.63, 3.8) is 0 Å². The second-order valence-electron chi connectivity index (χ2n) is 4.07. The minimum Gasteiger partial charge on any atom is -0.315 e. The minimum absolute atomic E-state index is 0.231. The van der Waals surface area contributed by atoms with Crippen LogP contribution in [0.3, 0.4) is 0 Å². The Balaban J connectivity index is 3.69. The predicted octanol–water partition coefficient (Wildman–Crippen LogP) is 2.06. The Hall–Kier alpha value is 0.200. The van der Waals surface area contributed by atoms with E-state index in [9.17, 15) is 8.42 Å². The van der Waals surface area contributed by atoms with Crippen LogP contribution in [0.25, 0.3) is 0 Å². The maximum Gasteiger partial charge on any atom is 0.151 e. The zero-order valence-corrected chi connectivity index (χ0v) is 11.9. The molecule has 0 rings (SSSR count). The molecule has 98 valence electrons. The Morgan fingerprint density at radius 1 is 1.25 bits per heavy atom. The van der Waals surface area contributed by atoms with E-state index in [1.54, 1.807) is 6.92 Å². The fraction of sp³-hybridized carbons (Fsp3) is 1.00. The topological polar surface area (TPSA) is 46.2 Å². The monoisotopic (exact) mass is 269 g/mol. The molecule has 0 fully saturated rings. The third-order valence-electron chi connectivity index (χ3n) is 2.68. The lowest BCUT2D eigenvalue weighted by molar-refractivity contribution is 0.436. The summed E-state index contributed by atoms with van der Waals surface area (Å²) in [6.45, 7) is 5.27. The Labute approximate surface area is 105 Å². The van der Waals surface area contributed by atoms with E-state index in [1.807, 2.05) is 0 Å². The summed E-state index contributed by atoms with van der Waals surface area (Å²) in [4.78, 5) is 0. The van der Waals surface area contributed by atoms with Gasteiger partial charge in [0.1, 0.15) is 0 Å². The number of hydrogen-bond acceptors (Lipinski definition) is 3. The molecule has 0 radical (unpaired) electrons. The third kappa shape index (κ3) is 8.36. The van der Waals surface area contributed by atoms with Crippen molar-refractivity contribution < 1.29 is 8.42 Å². The highest BCUT2D eigenvalue weighted by atomic mass is 35.5. The Morgan fingerprint density at radius 2 is 1.94 bits per heavy atom. The molecule has 0 aromatic carbocycles. The quantitative estimate of drug-likeness (QED) is 0.488. The summed E-state index contributed by atoms with van der Waals surface area (Å²) in [5.41, 5.74) is 0. The standard InChI is InChI=1S/C11H24ClNO2S/c1-3-5-11(6-7-12)10-13-8-9-16(14,15)4-2/h11,13H,3-10H2,1-2H3. The zero-order chi connectivity index (χ0) is 12.4. The van der Waals surface area contributed by atoms with Crippen LogP contribution in [0, 0.1) is 5.92 Å². The molecule has 1 unspecified atom stereocenters.